The molecule has 1 N–H and O–H groups in total. The molecule has 1 amide bonds. The van der Waals surface area contributed by atoms with E-state index in [4.69, 9.17) is 28.2 Å². The van der Waals surface area contributed by atoms with E-state index in [1.807, 2.05) is 53.1 Å². The molecule has 0 atom stereocenters. The first-order valence-electron chi connectivity index (χ1n) is 9.15. The van der Waals surface area contributed by atoms with Gasteiger partial charge in [0.15, 0.2) is 0 Å². The fourth-order valence-corrected chi connectivity index (χ4v) is 3.64. The fraction of sp³-hybridized carbons (Fsp3) is 0.136. The third kappa shape index (κ3) is 4.58. The molecule has 0 aliphatic rings. The Kier molecular flexibility index (Phi) is 5.79. The SMILES string of the molecule is O=C(Cn1c(Cc2ccc(Cl)cc2Cl)nc2ccccc21)NCc1ccccn1. The summed E-state index contributed by atoms with van der Waals surface area (Å²) >= 11 is 12.4. The minimum atomic E-state index is -0.109. The topological polar surface area (TPSA) is 59.8 Å². The van der Waals surface area contributed by atoms with Crippen molar-refractivity contribution >= 4 is 40.1 Å². The number of amides is 1. The Balaban J connectivity index is 1.58. The average Bonchev–Trinajstić information content (AvgIpc) is 3.06. The minimum Gasteiger partial charge on any atom is -0.349 e. The standard InChI is InChI=1S/C22H18Cl2N4O/c23-16-9-8-15(18(24)12-16)11-21-27-19-6-1-2-7-20(19)28(21)14-22(29)26-13-17-5-3-4-10-25-17/h1-10,12H,11,13-14H2,(H,26,29). The first kappa shape index (κ1) is 19.4. The summed E-state index contributed by atoms with van der Waals surface area (Å²) in [6, 6.07) is 18.8. The van der Waals surface area contributed by atoms with Gasteiger partial charge in [0.2, 0.25) is 5.91 Å². The maximum Gasteiger partial charge on any atom is 0.240 e. The van der Waals surface area contributed by atoms with Gasteiger partial charge in [-0.3, -0.25) is 9.78 Å². The van der Waals surface area contributed by atoms with Crippen molar-refractivity contribution in [3.63, 3.8) is 0 Å². The molecular formula is C22H18Cl2N4O. The zero-order valence-electron chi connectivity index (χ0n) is 15.5. The van der Waals surface area contributed by atoms with Gasteiger partial charge in [-0.05, 0) is 42.0 Å². The molecule has 29 heavy (non-hydrogen) atoms. The summed E-state index contributed by atoms with van der Waals surface area (Å²) < 4.78 is 1.92. The molecule has 4 aromatic rings. The molecular weight excluding hydrogens is 407 g/mol. The van der Waals surface area contributed by atoms with Crippen molar-refractivity contribution in [3.8, 4) is 0 Å². The number of hydrogen-bond acceptors (Lipinski definition) is 3. The average molecular weight is 425 g/mol. The molecule has 0 unspecified atom stereocenters. The van der Waals surface area contributed by atoms with Gasteiger partial charge in [0, 0.05) is 22.7 Å². The Morgan fingerprint density at radius 2 is 1.86 bits per heavy atom. The molecule has 0 fully saturated rings. The monoisotopic (exact) mass is 424 g/mol. The van der Waals surface area contributed by atoms with E-state index in [9.17, 15) is 4.79 Å². The summed E-state index contributed by atoms with van der Waals surface area (Å²) in [6.45, 7) is 0.540. The summed E-state index contributed by atoms with van der Waals surface area (Å²) in [6.07, 6.45) is 2.21. The molecule has 0 bridgehead atoms. The van der Waals surface area contributed by atoms with Crippen LogP contribution in [0.15, 0.2) is 66.9 Å². The summed E-state index contributed by atoms with van der Waals surface area (Å²) in [7, 11) is 0. The number of para-hydroxylation sites is 2. The number of nitrogens with one attached hydrogen (secondary N) is 1. The van der Waals surface area contributed by atoms with Gasteiger partial charge in [-0.2, -0.15) is 0 Å². The van der Waals surface area contributed by atoms with Crippen LogP contribution >= 0.6 is 23.2 Å². The van der Waals surface area contributed by atoms with Crippen LogP contribution in [0.4, 0.5) is 0 Å². The highest BCUT2D eigenvalue weighted by molar-refractivity contribution is 6.35. The van der Waals surface area contributed by atoms with Crippen molar-refractivity contribution in [2.45, 2.75) is 19.5 Å². The van der Waals surface area contributed by atoms with E-state index in [-0.39, 0.29) is 12.5 Å². The number of pyridine rings is 1. The zero-order valence-corrected chi connectivity index (χ0v) is 17.0. The molecule has 0 aliphatic heterocycles. The van der Waals surface area contributed by atoms with E-state index in [0.717, 1.165) is 28.1 Å². The second-order valence-electron chi connectivity index (χ2n) is 6.61. The molecule has 2 heterocycles. The van der Waals surface area contributed by atoms with E-state index >= 15 is 0 Å². The van der Waals surface area contributed by atoms with Crippen LogP contribution in [-0.4, -0.2) is 20.4 Å². The molecule has 5 nitrogen and oxygen atoms in total. The quantitative estimate of drug-likeness (QED) is 0.490. The second-order valence-corrected chi connectivity index (χ2v) is 7.46. The lowest BCUT2D eigenvalue weighted by Gasteiger charge is -2.11. The number of nitrogens with zero attached hydrogens (tertiary/aromatic N) is 3. The van der Waals surface area contributed by atoms with Gasteiger partial charge >= 0.3 is 0 Å². The van der Waals surface area contributed by atoms with Gasteiger partial charge in [0.25, 0.3) is 0 Å². The van der Waals surface area contributed by atoms with Gasteiger partial charge in [0.1, 0.15) is 12.4 Å². The minimum absolute atomic E-state index is 0.109. The Labute approximate surface area is 178 Å². The smallest absolute Gasteiger partial charge is 0.240 e. The van der Waals surface area contributed by atoms with Crippen molar-refractivity contribution in [1.29, 1.82) is 0 Å². The molecule has 4 rings (SSSR count). The first-order valence-corrected chi connectivity index (χ1v) is 9.90. The van der Waals surface area contributed by atoms with Crippen molar-refractivity contribution in [3.05, 3.63) is 94.0 Å². The number of halogens is 2. The Morgan fingerprint density at radius 1 is 1.03 bits per heavy atom. The lowest BCUT2D eigenvalue weighted by Crippen LogP contribution is -2.28. The second kappa shape index (κ2) is 8.64. The largest absolute Gasteiger partial charge is 0.349 e. The normalized spacial score (nSPS) is 11.0. The molecule has 2 aromatic heterocycles. The van der Waals surface area contributed by atoms with Gasteiger partial charge in [-0.25, -0.2) is 4.98 Å². The highest BCUT2D eigenvalue weighted by Gasteiger charge is 2.15. The first-order chi connectivity index (χ1) is 14.1. The van der Waals surface area contributed by atoms with Crippen LogP contribution in [0.2, 0.25) is 10.0 Å². The lowest BCUT2D eigenvalue weighted by atomic mass is 10.1. The molecule has 146 valence electrons. The number of aromatic nitrogens is 3. The van der Waals surface area contributed by atoms with Crippen molar-refractivity contribution in [1.82, 2.24) is 19.9 Å². The van der Waals surface area contributed by atoms with Crippen molar-refractivity contribution < 1.29 is 4.79 Å². The highest BCUT2D eigenvalue weighted by Crippen LogP contribution is 2.25. The van der Waals surface area contributed by atoms with Crippen LogP contribution in [0, 0.1) is 0 Å². The summed E-state index contributed by atoms with van der Waals surface area (Å²) in [5.74, 6) is 0.658. The third-order valence-electron chi connectivity index (χ3n) is 4.59. The predicted octanol–water partition coefficient (Wildman–Crippen LogP) is 4.65. The molecule has 0 spiro atoms. The molecule has 0 radical (unpaired) electrons. The van der Waals surface area contributed by atoms with Crippen LogP contribution in [0.3, 0.4) is 0 Å². The highest BCUT2D eigenvalue weighted by atomic mass is 35.5. The van der Waals surface area contributed by atoms with Gasteiger partial charge in [0.05, 0.1) is 23.3 Å². The molecule has 0 saturated heterocycles. The van der Waals surface area contributed by atoms with Crippen molar-refractivity contribution in [2.75, 3.05) is 0 Å². The number of benzene rings is 2. The Hall–Kier alpha value is -2.89. The van der Waals surface area contributed by atoms with E-state index in [1.165, 1.54) is 0 Å². The summed E-state index contributed by atoms with van der Waals surface area (Å²) in [5.41, 5.74) is 3.46. The van der Waals surface area contributed by atoms with Gasteiger partial charge in [-0.1, -0.05) is 47.5 Å². The molecule has 0 aliphatic carbocycles. The fourth-order valence-electron chi connectivity index (χ4n) is 3.16. The van der Waals surface area contributed by atoms with Crippen molar-refractivity contribution in [2.24, 2.45) is 0 Å². The molecule has 7 heteroatoms. The summed E-state index contributed by atoms with van der Waals surface area (Å²) in [5, 5.41) is 4.08. The zero-order chi connectivity index (χ0) is 20.2. The Morgan fingerprint density at radius 3 is 2.66 bits per heavy atom. The maximum absolute atomic E-state index is 12.6. The van der Waals surface area contributed by atoms with E-state index < -0.39 is 0 Å². The Bertz CT molecular complexity index is 1160. The number of hydrogen-bond donors (Lipinski definition) is 1. The number of fused-ring (bicyclic) bond motifs is 1. The predicted molar refractivity (Wildman–Crippen MR) is 115 cm³/mol. The molecule has 2 aromatic carbocycles. The maximum atomic E-state index is 12.6. The number of carbonyl (C=O) groups is 1. The number of imidazole rings is 1. The number of rotatable bonds is 6. The van der Waals surface area contributed by atoms with Crippen LogP contribution < -0.4 is 5.32 Å². The third-order valence-corrected chi connectivity index (χ3v) is 5.18. The lowest BCUT2D eigenvalue weighted by molar-refractivity contribution is -0.121. The summed E-state index contributed by atoms with van der Waals surface area (Å²) in [4.78, 5) is 21.6. The van der Waals surface area contributed by atoms with E-state index in [1.54, 1.807) is 18.3 Å². The van der Waals surface area contributed by atoms with Crippen LogP contribution in [0.5, 0.6) is 0 Å². The van der Waals surface area contributed by atoms with Gasteiger partial charge < -0.3 is 9.88 Å². The number of carbonyl (C=O) groups excluding carboxylic acids is 1. The molecule has 0 saturated carbocycles. The van der Waals surface area contributed by atoms with E-state index in [2.05, 4.69) is 10.3 Å². The van der Waals surface area contributed by atoms with Crippen LogP contribution in [-0.2, 0) is 24.3 Å². The van der Waals surface area contributed by atoms with E-state index in [0.29, 0.717) is 23.0 Å². The van der Waals surface area contributed by atoms with Crippen LogP contribution in [0.25, 0.3) is 11.0 Å². The van der Waals surface area contributed by atoms with Gasteiger partial charge in [-0.15, -0.1) is 0 Å². The van der Waals surface area contributed by atoms with Crippen LogP contribution in [0.1, 0.15) is 17.1 Å².